The van der Waals surface area contributed by atoms with Gasteiger partial charge in [-0.25, -0.2) is 8.78 Å². The summed E-state index contributed by atoms with van der Waals surface area (Å²) in [6.45, 7) is 1.60. The lowest BCUT2D eigenvalue weighted by Crippen LogP contribution is -2.27. The van der Waals surface area contributed by atoms with E-state index in [1.165, 1.54) is 23.9 Å². The van der Waals surface area contributed by atoms with Crippen molar-refractivity contribution in [3.8, 4) is 0 Å². The quantitative estimate of drug-likeness (QED) is 0.561. The molecule has 156 valence electrons. The summed E-state index contributed by atoms with van der Waals surface area (Å²) < 4.78 is 28.7. The van der Waals surface area contributed by atoms with E-state index in [-0.39, 0.29) is 17.2 Å². The normalized spacial score (nSPS) is 11.7. The molecule has 3 rings (SSSR count). The number of hydrogen-bond donors (Lipinski definition) is 2. The number of halogens is 2. The smallest absolute Gasteiger partial charge is 0.251 e. The van der Waals surface area contributed by atoms with Gasteiger partial charge in [-0.05, 0) is 31.2 Å². The molecule has 0 radical (unpaired) electrons. The first kappa shape index (κ1) is 21.4. The van der Waals surface area contributed by atoms with Crippen molar-refractivity contribution in [2.75, 3.05) is 11.1 Å². The molecular weight excluding hydrogens is 412 g/mol. The number of benzene rings is 2. The summed E-state index contributed by atoms with van der Waals surface area (Å²) in [5, 5.41) is 13.6. The van der Waals surface area contributed by atoms with Gasteiger partial charge in [0.2, 0.25) is 5.91 Å². The van der Waals surface area contributed by atoms with Gasteiger partial charge in [-0.15, -0.1) is 10.2 Å². The molecule has 30 heavy (non-hydrogen) atoms. The fraction of sp³-hybridized carbons (Fsp3) is 0.200. The molecule has 7 nitrogen and oxygen atoms in total. The highest BCUT2D eigenvalue weighted by molar-refractivity contribution is 7.99. The predicted octanol–water partition coefficient (Wildman–Crippen LogP) is 3.32. The van der Waals surface area contributed by atoms with Crippen molar-refractivity contribution in [3.05, 3.63) is 71.6 Å². The van der Waals surface area contributed by atoms with E-state index in [2.05, 4.69) is 20.8 Å². The number of aromatic nitrogens is 3. The lowest BCUT2D eigenvalue weighted by atomic mass is 10.1. The molecule has 2 N–H and O–H groups in total. The zero-order chi connectivity index (χ0) is 21.7. The Bertz CT molecular complexity index is 1070. The van der Waals surface area contributed by atoms with Crippen LogP contribution in [0.3, 0.4) is 0 Å². The van der Waals surface area contributed by atoms with Gasteiger partial charge in [0.1, 0.15) is 18.0 Å². The average Bonchev–Trinajstić information content (AvgIpc) is 3.11. The van der Waals surface area contributed by atoms with Crippen molar-refractivity contribution in [2.45, 2.75) is 18.1 Å². The van der Waals surface area contributed by atoms with Gasteiger partial charge < -0.3 is 15.2 Å². The molecule has 0 spiro atoms. The molecule has 0 aliphatic carbocycles. The van der Waals surface area contributed by atoms with Crippen LogP contribution in [0, 0.1) is 11.6 Å². The molecule has 0 saturated heterocycles. The van der Waals surface area contributed by atoms with Crippen LogP contribution in [0.15, 0.2) is 53.9 Å². The van der Waals surface area contributed by atoms with Crippen LogP contribution in [-0.2, 0) is 11.8 Å². The number of rotatable bonds is 7. The summed E-state index contributed by atoms with van der Waals surface area (Å²) in [6, 6.07) is 8.92. The lowest BCUT2D eigenvalue weighted by molar-refractivity contribution is -0.113. The number of carbonyl (C=O) groups excluding carboxylic acids is 2. The third kappa shape index (κ3) is 5.41. The molecule has 0 aliphatic heterocycles. The molecular formula is C20H19F2N5O2S. The van der Waals surface area contributed by atoms with Crippen molar-refractivity contribution < 1.29 is 18.4 Å². The van der Waals surface area contributed by atoms with Crippen LogP contribution < -0.4 is 10.6 Å². The largest absolute Gasteiger partial charge is 0.345 e. The third-order valence-electron chi connectivity index (χ3n) is 4.19. The number of nitrogens with zero attached hydrogens (tertiary/aromatic N) is 3. The third-order valence-corrected chi connectivity index (χ3v) is 5.22. The van der Waals surface area contributed by atoms with Crippen molar-refractivity contribution >= 4 is 29.3 Å². The van der Waals surface area contributed by atoms with E-state index in [4.69, 9.17) is 0 Å². The second-order valence-corrected chi connectivity index (χ2v) is 7.45. The van der Waals surface area contributed by atoms with Crippen LogP contribution in [0.4, 0.5) is 14.5 Å². The molecule has 3 aromatic rings. The number of carbonyl (C=O) groups is 2. The Morgan fingerprint density at radius 2 is 2.00 bits per heavy atom. The fourth-order valence-electron chi connectivity index (χ4n) is 2.68. The Morgan fingerprint density at radius 1 is 1.20 bits per heavy atom. The maximum atomic E-state index is 13.9. The second kappa shape index (κ2) is 9.49. The van der Waals surface area contributed by atoms with Gasteiger partial charge in [-0.2, -0.15) is 0 Å². The minimum atomic E-state index is -0.732. The first-order valence-electron chi connectivity index (χ1n) is 8.96. The lowest BCUT2D eigenvalue weighted by Gasteiger charge is -2.15. The van der Waals surface area contributed by atoms with Crippen molar-refractivity contribution in [2.24, 2.45) is 7.05 Å². The highest BCUT2D eigenvalue weighted by atomic mass is 32.2. The molecule has 1 aromatic heterocycles. The number of hydrogen-bond acceptors (Lipinski definition) is 5. The summed E-state index contributed by atoms with van der Waals surface area (Å²) in [5.74, 6) is -2.00. The van der Waals surface area contributed by atoms with Crippen LogP contribution in [0.5, 0.6) is 0 Å². The van der Waals surface area contributed by atoms with Gasteiger partial charge in [0.25, 0.3) is 5.91 Å². The Kier molecular flexibility index (Phi) is 6.78. The molecule has 2 amide bonds. The van der Waals surface area contributed by atoms with E-state index in [1.54, 1.807) is 43.1 Å². The molecule has 2 aromatic carbocycles. The van der Waals surface area contributed by atoms with E-state index in [1.807, 2.05) is 0 Å². The maximum absolute atomic E-state index is 13.9. The van der Waals surface area contributed by atoms with Crippen LogP contribution in [0.25, 0.3) is 0 Å². The van der Waals surface area contributed by atoms with Crippen LogP contribution >= 0.6 is 11.8 Å². The molecule has 1 unspecified atom stereocenters. The highest BCUT2D eigenvalue weighted by Gasteiger charge is 2.16. The summed E-state index contributed by atoms with van der Waals surface area (Å²) >= 11 is 1.24. The maximum Gasteiger partial charge on any atom is 0.251 e. The second-order valence-electron chi connectivity index (χ2n) is 6.50. The van der Waals surface area contributed by atoms with Crippen molar-refractivity contribution in [1.82, 2.24) is 20.1 Å². The molecule has 0 saturated carbocycles. The standard InChI is InChI=1S/C20H19F2N5O2S/c1-12(16-7-6-14(21)9-17(16)22)24-19(29)13-4-3-5-15(8-13)25-18(28)10-30-20-26-23-11-27(20)2/h3-9,11-12H,10H2,1-2H3,(H,24,29)(H,25,28). The zero-order valence-corrected chi connectivity index (χ0v) is 17.0. The minimum absolute atomic E-state index is 0.129. The van der Waals surface area contributed by atoms with Gasteiger partial charge in [0, 0.05) is 29.9 Å². The van der Waals surface area contributed by atoms with Gasteiger partial charge in [-0.1, -0.05) is 23.9 Å². The van der Waals surface area contributed by atoms with E-state index in [0.29, 0.717) is 16.4 Å². The Hall–Kier alpha value is -3.27. The molecule has 0 aliphatic rings. The summed E-state index contributed by atoms with van der Waals surface area (Å²) in [5.41, 5.74) is 0.921. The number of thioether (sulfide) groups is 1. The molecule has 1 heterocycles. The Balaban J connectivity index is 1.60. The van der Waals surface area contributed by atoms with Crippen LogP contribution in [0.2, 0.25) is 0 Å². The van der Waals surface area contributed by atoms with Crippen LogP contribution in [-0.4, -0.2) is 32.3 Å². The van der Waals surface area contributed by atoms with E-state index < -0.39 is 23.6 Å². The fourth-order valence-corrected chi connectivity index (χ4v) is 3.37. The number of nitrogens with one attached hydrogen (secondary N) is 2. The Labute approximate surface area is 175 Å². The first-order chi connectivity index (χ1) is 14.3. The zero-order valence-electron chi connectivity index (χ0n) is 16.2. The van der Waals surface area contributed by atoms with Gasteiger partial charge in [0.05, 0.1) is 11.8 Å². The molecule has 10 heteroatoms. The first-order valence-corrected chi connectivity index (χ1v) is 9.94. The number of amides is 2. The number of anilines is 1. The van der Waals surface area contributed by atoms with Gasteiger partial charge in [-0.3, -0.25) is 9.59 Å². The predicted molar refractivity (Wildman–Crippen MR) is 109 cm³/mol. The van der Waals surface area contributed by atoms with Crippen molar-refractivity contribution in [1.29, 1.82) is 0 Å². The average molecular weight is 431 g/mol. The molecule has 0 bridgehead atoms. The Morgan fingerprint density at radius 3 is 2.70 bits per heavy atom. The van der Waals surface area contributed by atoms with E-state index in [0.717, 1.165) is 12.1 Å². The van der Waals surface area contributed by atoms with E-state index >= 15 is 0 Å². The van der Waals surface area contributed by atoms with Crippen LogP contribution in [0.1, 0.15) is 28.9 Å². The molecule has 0 fully saturated rings. The van der Waals surface area contributed by atoms with Gasteiger partial charge in [0.15, 0.2) is 5.16 Å². The van der Waals surface area contributed by atoms with E-state index in [9.17, 15) is 18.4 Å². The minimum Gasteiger partial charge on any atom is -0.345 e. The number of aryl methyl sites for hydroxylation is 1. The monoisotopic (exact) mass is 431 g/mol. The van der Waals surface area contributed by atoms with Crippen molar-refractivity contribution in [3.63, 3.8) is 0 Å². The van der Waals surface area contributed by atoms with Gasteiger partial charge >= 0.3 is 0 Å². The molecule has 1 atom stereocenters. The highest BCUT2D eigenvalue weighted by Crippen LogP contribution is 2.19. The SMILES string of the molecule is CC(NC(=O)c1cccc(NC(=O)CSc2nncn2C)c1)c1ccc(F)cc1F. The summed E-state index contributed by atoms with van der Waals surface area (Å²) in [4.78, 5) is 24.7. The topological polar surface area (TPSA) is 88.9 Å². The summed E-state index contributed by atoms with van der Waals surface area (Å²) in [7, 11) is 1.78. The summed E-state index contributed by atoms with van der Waals surface area (Å²) in [6.07, 6.45) is 1.54.